The maximum absolute atomic E-state index is 11.9. The minimum atomic E-state index is -0.281. The number of ether oxygens (including phenoxy) is 2. The Morgan fingerprint density at radius 2 is 2.05 bits per heavy atom. The van der Waals surface area contributed by atoms with Crippen molar-refractivity contribution >= 4 is 11.8 Å². The monoisotopic (exact) mass is 286 g/mol. The topological polar surface area (TPSA) is 52.6 Å². The summed E-state index contributed by atoms with van der Waals surface area (Å²) in [5.74, 6) is 0.694. The van der Waals surface area contributed by atoms with Crippen molar-refractivity contribution in [3.63, 3.8) is 0 Å². The molecule has 0 spiro atoms. The van der Waals surface area contributed by atoms with Crippen molar-refractivity contribution in [2.24, 2.45) is 0 Å². The molecule has 1 heterocycles. The first-order valence-electron chi connectivity index (χ1n) is 7.34. The van der Waals surface area contributed by atoms with Gasteiger partial charge in [0.15, 0.2) is 5.78 Å². The molecule has 1 aromatic rings. The Kier molecular flexibility index (Phi) is 4.04. The Labute approximate surface area is 123 Å². The molecule has 1 aliphatic heterocycles. The Balaban J connectivity index is 1.48. The average molecular weight is 286 g/mol. The SMILES string of the molecule is O=C(CC1CC2=C(CCCC2=O)O1)OCc1ccccc1. The van der Waals surface area contributed by atoms with Gasteiger partial charge in [0.25, 0.3) is 0 Å². The van der Waals surface area contributed by atoms with Gasteiger partial charge in [-0.1, -0.05) is 30.3 Å². The summed E-state index contributed by atoms with van der Waals surface area (Å²) < 4.78 is 11.0. The van der Waals surface area contributed by atoms with Crippen LogP contribution in [0.25, 0.3) is 0 Å². The number of hydrogen-bond donors (Lipinski definition) is 0. The molecule has 0 N–H and O–H groups in total. The zero-order valence-electron chi connectivity index (χ0n) is 11.8. The van der Waals surface area contributed by atoms with Crippen molar-refractivity contribution in [3.8, 4) is 0 Å². The molecule has 110 valence electrons. The van der Waals surface area contributed by atoms with E-state index < -0.39 is 0 Å². The van der Waals surface area contributed by atoms with Gasteiger partial charge in [-0.05, 0) is 12.0 Å². The first kappa shape index (κ1) is 13.9. The number of carbonyl (C=O) groups is 2. The largest absolute Gasteiger partial charge is 0.493 e. The lowest BCUT2D eigenvalue weighted by Gasteiger charge is -2.13. The second-order valence-corrected chi connectivity index (χ2v) is 5.47. The highest BCUT2D eigenvalue weighted by molar-refractivity contribution is 5.97. The average Bonchev–Trinajstić information content (AvgIpc) is 2.90. The van der Waals surface area contributed by atoms with Gasteiger partial charge in [-0.15, -0.1) is 0 Å². The van der Waals surface area contributed by atoms with Crippen molar-refractivity contribution in [2.45, 2.75) is 44.8 Å². The highest BCUT2D eigenvalue weighted by Gasteiger charge is 2.33. The number of hydrogen-bond acceptors (Lipinski definition) is 4. The summed E-state index contributed by atoms with van der Waals surface area (Å²) in [6.07, 6.45) is 2.79. The molecule has 1 aromatic carbocycles. The van der Waals surface area contributed by atoms with Crippen molar-refractivity contribution < 1.29 is 19.1 Å². The maximum Gasteiger partial charge on any atom is 0.309 e. The quantitative estimate of drug-likeness (QED) is 0.799. The smallest absolute Gasteiger partial charge is 0.309 e. The van der Waals surface area contributed by atoms with Gasteiger partial charge in [-0.2, -0.15) is 0 Å². The molecule has 0 saturated carbocycles. The van der Waals surface area contributed by atoms with Gasteiger partial charge in [-0.3, -0.25) is 9.59 Å². The van der Waals surface area contributed by atoms with Gasteiger partial charge in [0.1, 0.15) is 18.5 Å². The van der Waals surface area contributed by atoms with Crippen LogP contribution in [0, 0.1) is 0 Å². The minimum absolute atomic E-state index is 0.177. The lowest BCUT2D eigenvalue weighted by molar-refractivity contribution is -0.147. The number of rotatable bonds is 4. The summed E-state index contributed by atoms with van der Waals surface area (Å²) in [6, 6.07) is 9.57. The second kappa shape index (κ2) is 6.12. The first-order valence-corrected chi connectivity index (χ1v) is 7.34. The third kappa shape index (κ3) is 3.32. The number of ketones is 1. The van der Waals surface area contributed by atoms with Gasteiger partial charge in [0.2, 0.25) is 0 Å². The van der Waals surface area contributed by atoms with Crippen LogP contribution >= 0.6 is 0 Å². The van der Waals surface area contributed by atoms with E-state index in [1.165, 1.54) is 0 Å². The lowest BCUT2D eigenvalue weighted by atomic mass is 9.94. The Morgan fingerprint density at radius 3 is 2.81 bits per heavy atom. The van der Waals surface area contributed by atoms with Crippen LogP contribution in [-0.4, -0.2) is 17.9 Å². The van der Waals surface area contributed by atoms with Gasteiger partial charge in [0.05, 0.1) is 6.42 Å². The molecule has 2 aliphatic rings. The molecule has 0 bridgehead atoms. The predicted molar refractivity (Wildman–Crippen MR) is 76.2 cm³/mol. The molecule has 0 fully saturated rings. The molecule has 1 aliphatic carbocycles. The van der Waals surface area contributed by atoms with E-state index >= 15 is 0 Å². The Hall–Kier alpha value is -2.10. The molecule has 4 nitrogen and oxygen atoms in total. The van der Waals surface area contributed by atoms with E-state index in [1.807, 2.05) is 30.3 Å². The molecule has 0 saturated heterocycles. The van der Waals surface area contributed by atoms with Crippen LogP contribution < -0.4 is 0 Å². The van der Waals surface area contributed by atoms with Crippen LogP contribution in [0.2, 0.25) is 0 Å². The molecule has 0 aromatic heterocycles. The summed E-state index contributed by atoms with van der Waals surface area (Å²) in [7, 11) is 0. The Bertz CT molecular complexity index is 574. The van der Waals surface area contributed by atoms with Crippen LogP contribution in [0.1, 0.15) is 37.7 Å². The standard InChI is InChI=1S/C17H18O4/c18-15-7-4-8-16-14(15)9-13(21-16)10-17(19)20-11-12-5-2-1-3-6-12/h1-3,5-6,13H,4,7-11H2. The van der Waals surface area contributed by atoms with Crippen molar-refractivity contribution in [3.05, 3.63) is 47.2 Å². The summed E-state index contributed by atoms with van der Waals surface area (Å²) in [5.41, 5.74) is 1.76. The normalized spacial score (nSPS) is 21.0. The van der Waals surface area contributed by atoms with Crippen LogP contribution in [0.15, 0.2) is 41.7 Å². The molecule has 4 heteroatoms. The van der Waals surface area contributed by atoms with Gasteiger partial charge < -0.3 is 9.47 Å². The number of Topliss-reactive ketones (excluding diaryl/α,β-unsaturated/α-hetero) is 1. The highest BCUT2D eigenvalue weighted by atomic mass is 16.5. The third-order valence-electron chi connectivity index (χ3n) is 3.86. The van der Waals surface area contributed by atoms with E-state index in [1.54, 1.807) is 0 Å². The van der Waals surface area contributed by atoms with Crippen molar-refractivity contribution in [1.29, 1.82) is 0 Å². The molecule has 0 amide bonds. The van der Waals surface area contributed by atoms with Crippen LogP contribution in [-0.2, 0) is 25.7 Å². The number of benzene rings is 1. The third-order valence-corrected chi connectivity index (χ3v) is 3.86. The number of allylic oxidation sites excluding steroid dienone is 1. The molecular weight excluding hydrogens is 268 g/mol. The lowest BCUT2D eigenvalue weighted by Crippen LogP contribution is -2.16. The summed E-state index contributed by atoms with van der Waals surface area (Å²) in [6.45, 7) is 0.276. The fraction of sp³-hybridized carbons (Fsp3) is 0.412. The van der Waals surface area contributed by atoms with Gasteiger partial charge in [0, 0.05) is 24.8 Å². The van der Waals surface area contributed by atoms with Crippen molar-refractivity contribution in [1.82, 2.24) is 0 Å². The second-order valence-electron chi connectivity index (χ2n) is 5.47. The van der Waals surface area contributed by atoms with E-state index in [9.17, 15) is 9.59 Å². The molecule has 0 radical (unpaired) electrons. The fourth-order valence-corrected chi connectivity index (χ4v) is 2.79. The van der Waals surface area contributed by atoms with Crippen LogP contribution in [0.3, 0.4) is 0 Å². The number of carbonyl (C=O) groups excluding carboxylic acids is 2. The van der Waals surface area contributed by atoms with Crippen LogP contribution in [0.5, 0.6) is 0 Å². The van der Waals surface area contributed by atoms with E-state index in [4.69, 9.17) is 9.47 Å². The van der Waals surface area contributed by atoms with E-state index in [2.05, 4.69) is 0 Å². The molecule has 3 rings (SSSR count). The van der Waals surface area contributed by atoms with Gasteiger partial charge in [-0.25, -0.2) is 0 Å². The zero-order chi connectivity index (χ0) is 14.7. The van der Waals surface area contributed by atoms with Crippen LogP contribution in [0.4, 0.5) is 0 Å². The molecule has 1 atom stereocenters. The zero-order valence-corrected chi connectivity index (χ0v) is 11.8. The summed E-state index contributed by atoms with van der Waals surface area (Å²) in [4.78, 5) is 23.6. The van der Waals surface area contributed by atoms with Crippen molar-refractivity contribution in [2.75, 3.05) is 0 Å². The maximum atomic E-state index is 11.9. The fourth-order valence-electron chi connectivity index (χ4n) is 2.79. The van der Waals surface area contributed by atoms with E-state index in [0.717, 1.165) is 29.7 Å². The Morgan fingerprint density at radius 1 is 1.24 bits per heavy atom. The highest BCUT2D eigenvalue weighted by Crippen LogP contribution is 2.35. The van der Waals surface area contributed by atoms with E-state index in [0.29, 0.717) is 12.8 Å². The summed E-state index contributed by atoms with van der Waals surface area (Å²) >= 11 is 0. The first-order chi connectivity index (χ1) is 10.2. The summed E-state index contributed by atoms with van der Waals surface area (Å²) in [5, 5.41) is 0. The predicted octanol–water partition coefficient (Wildman–Crippen LogP) is 2.92. The molecule has 21 heavy (non-hydrogen) atoms. The minimum Gasteiger partial charge on any atom is -0.493 e. The van der Waals surface area contributed by atoms with E-state index in [-0.39, 0.29) is 30.9 Å². The number of esters is 1. The molecule has 1 unspecified atom stereocenters. The molecular formula is C17H18O4. The van der Waals surface area contributed by atoms with Gasteiger partial charge >= 0.3 is 5.97 Å².